The molecule has 0 saturated carbocycles. The van der Waals surface area contributed by atoms with Gasteiger partial charge in [-0.2, -0.15) is 11.8 Å². The number of anilines is 1. The maximum atomic E-state index is 14.9. The quantitative estimate of drug-likeness (QED) is 0.129. The van der Waals surface area contributed by atoms with Crippen molar-refractivity contribution in [1.29, 1.82) is 0 Å². The van der Waals surface area contributed by atoms with Gasteiger partial charge in [0.15, 0.2) is 0 Å². The van der Waals surface area contributed by atoms with Crippen LogP contribution < -0.4 is 26.2 Å². The molecule has 1 unspecified atom stereocenters. The monoisotopic (exact) mass is 819 g/mol. The van der Waals surface area contributed by atoms with E-state index in [0.717, 1.165) is 57.3 Å². The number of nitrogens with one attached hydrogen (secondary N) is 4. The molecule has 0 spiro atoms. The first-order valence-corrected chi connectivity index (χ1v) is 21.7. The van der Waals surface area contributed by atoms with Crippen molar-refractivity contribution in [3.63, 3.8) is 0 Å². The molecular formula is C42H54FN7O7S. The highest BCUT2D eigenvalue weighted by Crippen LogP contribution is 2.31. The third-order valence-electron chi connectivity index (χ3n) is 11.6. The van der Waals surface area contributed by atoms with Crippen LogP contribution in [0.1, 0.15) is 81.5 Å². The van der Waals surface area contributed by atoms with E-state index in [1.54, 1.807) is 17.8 Å². The summed E-state index contributed by atoms with van der Waals surface area (Å²) in [6, 6.07) is 10.5. The van der Waals surface area contributed by atoms with Crippen LogP contribution in [0.25, 0.3) is 10.9 Å². The van der Waals surface area contributed by atoms with Gasteiger partial charge in [0.05, 0.1) is 24.4 Å². The lowest BCUT2D eigenvalue weighted by Gasteiger charge is -2.32. The zero-order chi connectivity index (χ0) is 40.4. The average molecular weight is 820 g/mol. The van der Waals surface area contributed by atoms with E-state index in [9.17, 15) is 28.4 Å². The summed E-state index contributed by atoms with van der Waals surface area (Å²) in [5.74, 6) is 0.912. The van der Waals surface area contributed by atoms with Crippen LogP contribution in [0.5, 0.6) is 5.75 Å². The number of rotatable bonds is 15. The van der Waals surface area contributed by atoms with Gasteiger partial charge in [0.2, 0.25) is 23.6 Å². The number of nitrogens with zero attached hydrogens (tertiary/aromatic N) is 3. The Balaban J connectivity index is 0.764. The van der Waals surface area contributed by atoms with Crippen LogP contribution in [0.4, 0.5) is 10.1 Å². The number of thioether (sulfide) groups is 1. The summed E-state index contributed by atoms with van der Waals surface area (Å²) in [4.78, 5) is 73.5. The summed E-state index contributed by atoms with van der Waals surface area (Å²) in [6.07, 6.45) is 7.07. The molecule has 0 aliphatic carbocycles. The molecule has 4 aliphatic rings. The molecule has 2 aromatic carbocycles. The molecule has 4 amide bonds. The van der Waals surface area contributed by atoms with E-state index in [1.165, 1.54) is 11.6 Å². The minimum absolute atomic E-state index is 0.0463. The second-order valence-corrected chi connectivity index (χ2v) is 17.1. The topological polar surface area (TPSA) is 175 Å². The number of piperidine rings is 3. The van der Waals surface area contributed by atoms with E-state index in [2.05, 4.69) is 43.0 Å². The highest BCUT2D eigenvalue weighted by Gasteiger charge is 2.28. The fourth-order valence-corrected chi connectivity index (χ4v) is 9.29. The van der Waals surface area contributed by atoms with E-state index in [-0.39, 0.29) is 34.5 Å². The van der Waals surface area contributed by atoms with Gasteiger partial charge in [-0.1, -0.05) is 12.1 Å². The molecule has 58 heavy (non-hydrogen) atoms. The lowest BCUT2D eigenvalue weighted by atomic mass is 9.89. The van der Waals surface area contributed by atoms with Crippen LogP contribution in [0, 0.1) is 11.7 Å². The number of ether oxygens (including phenoxy) is 2. The van der Waals surface area contributed by atoms with E-state index >= 15 is 0 Å². The number of halogens is 1. The van der Waals surface area contributed by atoms with Crippen molar-refractivity contribution in [1.82, 2.24) is 30.4 Å². The molecule has 4 aliphatic heterocycles. The zero-order valence-electron chi connectivity index (χ0n) is 32.9. The molecule has 0 bridgehead atoms. The number of imide groups is 1. The van der Waals surface area contributed by atoms with Crippen molar-refractivity contribution in [3.05, 3.63) is 64.0 Å². The van der Waals surface area contributed by atoms with Crippen molar-refractivity contribution < 1.29 is 33.0 Å². The summed E-state index contributed by atoms with van der Waals surface area (Å²) in [7, 11) is 0. The van der Waals surface area contributed by atoms with Gasteiger partial charge in [-0.05, 0) is 94.0 Å². The van der Waals surface area contributed by atoms with Crippen molar-refractivity contribution in [2.24, 2.45) is 5.92 Å². The number of benzene rings is 2. The second-order valence-electron chi connectivity index (χ2n) is 15.8. The molecule has 0 radical (unpaired) electrons. The predicted octanol–water partition coefficient (Wildman–Crippen LogP) is 4.08. The molecule has 1 aromatic heterocycles. The molecule has 4 saturated heterocycles. The van der Waals surface area contributed by atoms with E-state index in [1.807, 2.05) is 17.0 Å². The summed E-state index contributed by atoms with van der Waals surface area (Å²) >= 11 is 1.71. The van der Waals surface area contributed by atoms with Gasteiger partial charge in [0.25, 0.3) is 5.56 Å². The minimum Gasteiger partial charge on any atom is -0.493 e. The maximum Gasteiger partial charge on any atom is 0.261 e. The Kier molecular flexibility index (Phi) is 14.3. The van der Waals surface area contributed by atoms with E-state index in [4.69, 9.17) is 9.47 Å². The number of H-pyrrole nitrogens is 1. The first kappa shape index (κ1) is 41.6. The van der Waals surface area contributed by atoms with Crippen LogP contribution in [-0.2, 0) is 29.7 Å². The predicted molar refractivity (Wildman–Crippen MR) is 219 cm³/mol. The Morgan fingerprint density at radius 3 is 2.55 bits per heavy atom. The van der Waals surface area contributed by atoms with Crippen LogP contribution in [0.3, 0.4) is 0 Å². The Hall–Kier alpha value is -4.54. The molecule has 4 fully saturated rings. The van der Waals surface area contributed by atoms with Crippen LogP contribution >= 0.6 is 11.8 Å². The fourth-order valence-electron chi connectivity index (χ4n) is 8.22. The Labute approximate surface area is 341 Å². The number of aromatic nitrogens is 2. The van der Waals surface area contributed by atoms with E-state index < -0.39 is 17.4 Å². The number of fused-ring (bicyclic) bond motifs is 1. The van der Waals surface area contributed by atoms with Crippen molar-refractivity contribution in [2.75, 3.05) is 64.4 Å². The Morgan fingerprint density at radius 1 is 0.983 bits per heavy atom. The van der Waals surface area contributed by atoms with Crippen molar-refractivity contribution in [3.8, 4) is 5.75 Å². The van der Waals surface area contributed by atoms with Gasteiger partial charge in [0.1, 0.15) is 28.8 Å². The van der Waals surface area contributed by atoms with Crippen molar-refractivity contribution >= 4 is 52.0 Å². The normalized spacial score (nSPS) is 20.2. The number of aromatic amines is 1. The average Bonchev–Trinajstić information content (AvgIpc) is 3.22. The third kappa shape index (κ3) is 11.3. The second kappa shape index (κ2) is 19.9. The fraction of sp³-hybridized carbons (Fsp3) is 0.571. The van der Waals surface area contributed by atoms with Crippen molar-refractivity contribution in [2.45, 2.75) is 87.2 Å². The van der Waals surface area contributed by atoms with E-state index in [0.29, 0.717) is 106 Å². The summed E-state index contributed by atoms with van der Waals surface area (Å²) < 4.78 is 26.2. The van der Waals surface area contributed by atoms with Crippen LogP contribution in [0.2, 0.25) is 0 Å². The highest BCUT2D eigenvalue weighted by molar-refractivity contribution is 7.99. The number of carbonyl (C=O) groups is 4. The van der Waals surface area contributed by atoms with Gasteiger partial charge in [-0.15, -0.1) is 0 Å². The molecule has 16 heteroatoms. The number of carbonyl (C=O) groups excluding carboxylic acids is 4. The SMILES string of the molecule is O=C(CN1CCC(SCc2nc3cc(OCC4CCOCC4)cc(F)c3c(=O)[nH]2)CC1)NCCCC(=O)N1CCC(c2cccc(NC3CCC(=O)NC3=O)c2)CC1. The first-order valence-electron chi connectivity index (χ1n) is 20.7. The first-order chi connectivity index (χ1) is 28.2. The molecule has 1 atom stereocenters. The summed E-state index contributed by atoms with van der Waals surface area (Å²) in [5.41, 5.74) is 1.81. The molecule has 5 heterocycles. The molecule has 14 nitrogen and oxygen atoms in total. The molecule has 7 rings (SSSR count). The largest absolute Gasteiger partial charge is 0.493 e. The number of likely N-dealkylation sites (tertiary alicyclic amines) is 2. The Morgan fingerprint density at radius 2 is 1.78 bits per heavy atom. The van der Waals surface area contributed by atoms with Crippen LogP contribution in [0.15, 0.2) is 41.2 Å². The molecule has 3 aromatic rings. The van der Waals surface area contributed by atoms with Gasteiger partial charge < -0.3 is 30.0 Å². The maximum absolute atomic E-state index is 14.9. The minimum atomic E-state index is -0.645. The Bertz CT molecular complexity index is 1990. The van der Waals surface area contributed by atoms with Gasteiger partial charge >= 0.3 is 0 Å². The molecular weight excluding hydrogens is 766 g/mol. The smallest absolute Gasteiger partial charge is 0.261 e. The zero-order valence-corrected chi connectivity index (χ0v) is 33.7. The van der Waals surface area contributed by atoms with Gasteiger partial charge in [-0.3, -0.25) is 34.2 Å². The molecule has 312 valence electrons. The summed E-state index contributed by atoms with van der Waals surface area (Å²) in [5, 5.41) is 8.90. The lowest BCUT2D eigenvalue weighted by molar-refractivity contribution is -0.134. The van der Waals surface area contributed by atoms with Gasteiger partial charge in [-0.25, -0.2) is 9.37 Å². The number of amides is 4. The number of hydrogen-bond acceptors (Lipinski definition) is 11. The summed E-state index contributed by atoms with van der Waals surface area (Å²) in [6.45, 7) is 5.56. The highest BCUT2D eigenvalue weighted by atomic mass is 32.2. The standard InChI is InChI=1S/C42H54FN7O7S/c43-33-22-31(57-25-27-12-19-56-20-13-27)23-35-40(33)42(55)47-36(46-35)26-58-32-10-15-49(16-11-32)24-38(52)44-14-2-5-39(53)50-17-8-28(9-18-50)29-3-1-4-30(21-29)45-34-6-7-37(51)48-41(34)54/h1,3-4,21-23,27-28,32,34,45H,2,5-20,24-26H2,(H,44,52)(H,46,47,55)(H,48,51,54). The lowest BCUT2D eigenvalue weighted by Crippen LogP contribution is -2.47. The van der Waals surface area contributed by atoms with Gasteiger partial charge in [0, 0.05) is 68.8 Å². The van der Waals surface area contributed by atoms with Crippen LogP contribution in [-0.4, -0.2) is 114 Å². The number of hydrogen-bond donors (Lipinski definition) is 4. The molecule has 4 N–H and O–H groups in total. The third-order valence-corrected chi connectivity index (χ3v) is 13.0.